The second kappa shape index (κ2) is 6.86. The number of rotatable bonds is 3. The van der Waals surface area contributed by atoms with Crippen LogP contribution in [0.25, 0.3) is 11.3 Å². The van der Waals surface area contributed by atoms with Gasteiger partial charge in [0.2, 0.25) is 12.1 Å². The van der Waals surface area contributed by atoms with E-state index >= 15 is 0 Å². The fourth-order valence-electron chi connectivity index (χ4n) is 2.66. The molecular weight excluding hydrogens is 398 g/mol. The molecule has 1 aromatic heterocycles. The van der Waals surface area contributed by atoms with Gasteiger partial charge in [0.1, 0.15) is 11.4 Å². The normalized spacial score (nSPS) is 15.8. The third-order valence-corrected chi connectivity index (χ3v) is 4.47. The Morgan fingerprint density at radius 3 is 2.65 bits per heavy atom. The number of hydrogen-bond acceptors (Lipinski definition) is 5. The van der Waals surface area contributed by atoms with Crippen molar-refractivity contribution < 1.29 is 14.3 Å². The van der Waals surface area contributed by atoms with Crippen LogP contribution in [-0.4, -0.2) is 15.9 Å². The van der Waals surface area contributed by atoms with Crippen LogP contribution in [0.3, 0.4) is 0 Å². The maximum Gasteiger partial charge on any atom is 0.286 e. The van der Waals surface area contributed by atoms with E-state index in [-0.39, 0.29) is 5.82 Å². The van der Waals surface area contributed by atoms with Crippen LogP contribution in [-0.2, 0) is 11.3 Å². The number of carbonyl (C=O) groups excluding carboxylic acids is 1. The summed E-state index contributed by atoms with van der Waals surface area (Å²) >= 11 is 3.40. The van der Waals surface area contributed by atoms with Crippen LogP contribution < -0.4 is 10.5 Å². The highest BCUT2D eigenvalue weighted by Crippen LogP contribution is 2.33. The van der Waals surface area contributed by atoms with E-state index < -0.39 is 12.2 Å². The van der Waals surface area contributed by atoms with Crippen molar-refractivity contribution >= 4 is 21.8 Å². The molecule has 1 aliphatic rings. The Labute approximate surface area is 158 Å². The molecule has 1 aliphatic heterocycles. The van der Waals surface area contributed by atoms with Crippen LogP contribution in [0.1, 0.15) is 28.2 Å². The Bertz CT molecular complexity index is 976. The van der Waals surface area contributed by atoms with E-state index in [9.17, 15) is 4.79 Å². The monoisotopic (exact) mass is 411 g/mol. The number of hydrogen-bond donors (Lipinski definition) is 1. The number of benzene rings is 2. The molecule has 2 N–H and O–H groups in total. The summed E-state index contributed by atoms with van der Waals surface area (Å²) in [6.07, 6.45) is -0.736. The molecule has 0 radical (unpaired) electrons. The average molecular weight is 412 g/mol. The smallest absolute Gasteiger partial charge is 0.286 e. The highest BCUT2D eigenvalue weighted by molar-refractivity contribution is 9.10. The lowest BCUT2D eigenvalue weighted by Crippen LogP contribution is -2.22. The van der Waals surface area contributed by atoms with E-state index in [1.807, 2.05) is 48.5 Å². The van der Waals surface area contributed by atoms with E-state index in [0.29, 0.717) is 18.0 Å². The van der Waals surface area contributed by atoms with E-state index in [2.05, 4.69) is 25.9 Å². The maximum atomic E-state index is 11.7. The lowest BCUT2D eigenvalue weighted by atomic mass is 10.1. The standard InChI is InChI=1S/C19H14BrN3O3/c20-13-7-5-11(6-8-13)14-9-15(23-18(22-14)17(21)24)19-25-10-12-3-1-2-4-16(12)26-19/h1-9,19H,10H2,(H2,21,24). The zero-order valence-electron chi connectivity index (χ0n) is 13.6. The Hall–Kier alpha value is -2.77. The second-order valence-corrected chi connectivity index (χ2v) is 6.66. The Morgan fingerprint density at radius 1 is 1.12 bits per heavy atom. The summed E-state index contributed by atoms with van der Waals surface area (Å²) in [6, 6.07) is 16.9. The molecule has 130 valence electrons. The largest absolute Gasteiger partial charge is 0.459 e. The summed E-state index contributed by atoms with van der Waals surface area (Å²) in [7, 11) is 0. The van der Waals surface area contributed by atoms with Gasteiger partial charge >= 0.3 is 0 Å². The van der Waals surface area contributed by atoms with Gasteiger partial charge in [0.05, 0.1) is 12.3 Å². The summed E-state index contributed by atoms with van der Waals surface area (Å²) in [6.45, 7) is 0.393. The summed E-state index contributed by atoms with van der Waals surface area (Å²) in [5.74, 6) is -0.0546. The minimum atomic E-state index is -0.736. The van der Waals surface area contributed by atoms with Crippen LogP contribution in [0.15, 0.2) is 59.1 Å². The van der Waals surface area contributed by atoms with Crippen LogP contribution in [0.4, 0.5) is 0 Å². The van der Waals surface area contributed by atoms with Crippen molar-refractivity contribution in [2.24, 2.45) is 5.73 Å². The number of amides is 1. The number of primary amides is 1. The summed E-state index contributed by atoms with van der Waals surface area (Å²) < 4.78 is 12.6. The van der Waals surface area contributed by atoms with Gasteiger partial charge in [-0.15, -0.1) is 0 Å². The molecule has 1 atom stereocenters. The van der Waals surface area contributed by atoms with Gasteiger partial charge in [-0.3, -0.25) is 4.79 Å². The molecule has 0 fully saturated rings. The topological polar surface area (TPSA) is 87.3 Å². The zero-order chi connectivity index (χ0) is 18.1. The van der Waals surface area contributed by atoms with E-state index in [0.717, 1.165) is 21.3 Å². The van der Waals surface area contributed by atoms with Crippen LogP contribution in [0.2, 0.25) is 0 Å². The van der Waals surface area contributed by atoms with E-state index in [4.69, 9.17) is 15.2 Å². The molecule has 4 rings (SSSR count). The quantitative estimate of drug-likeness (QED) is 0.710. The molecule has 1 unspecified atom stereocenters. The zero-order valence-corrected chi connectivity index (χ0v) is 15.1. The first kappa shape index (κ1) is 16.7. The van der Waals surface area contributed by atoms with Gasteiger partial charge in [-0.2, -0.15) is 0 Å². The van der Waals surface area contributed by atoms with Gasteiger partial charge in [-0.1, -0.05) is 46.3 Å². The number of fused-ring (bicyclic) bond motifs is 1. The molecule has 26 heavy (non-hydrogen) atoms. The minimum absolute atomic E-state index is 0.0773. The summed E-state index contributed by atoms with van der Waals surface area (Å²) in [5.41, 5.74) is 8.21. The van der Waals surface area contributed by atoms with Crippen molar-refractivity contribution in [3.05, 3.63) is 76.2 Å². The van der Waals surface area contributed by atoms with Crippen molar-refractivity contribution in [3.63, 3.8) is 0 Å². The van der Waals surface area contributed by atoms with Gasteiger partial charge in [-0.05, 0) is 24.3 Å². The van der Waals surface area contributed by atoms with Crippen LogP contribution in [0.5, 0.6) is 5.75 Å². The Kier molecular flexibility index (Phi) is 4.40. The molecule has 2 heterocycles. The van der Waals surface area contributed by atoms with E-state index in [1.165, 1.54) is 0 Å². The molecular formula is C19H14BrN3O3. The Balaban J connectivity index is 1.74. The van der Waals surface area contributed by atoms with Crippen LogP contribution >= 0.6 is 15.9 Å². The molecule has 0 spiro atoms. The second-order valence-electron chi connectivity index (χ2n) is 5.74. The van der Waals surface area contributed by atoms with Gasteiger partial charge in [0, 0.05) is 15.6 Å². The lowest BCUT2D eigenvalue weighted by molar-refractivity contribution is -0.114. The lowest BCUT2D eigenvalue weighted by Gasteiger charge is -2.26. The number of nitrogens with zero attached hydrogens (tertiary/aromatic N) is 2. The third kappa shape index (κ3) is 3.31. The van der Waals surface area contributed by atoms with Gasteiger partial charge in [-0.25, -0.2) is 9.97 Å². The fourth-order valence-corrected chi connectivity index (χ4v) is 2.93. The summed E-state index contributed by atoms with van der Waals surface area (Å²) in [5, 5.41) is 0. The molecule has 0 aliphatic carbocycles. The molecule has 0 bridgehead atoms. The molecule has 0 saturated carbocycles. The van der Waals surface area contributed by atoms with Crippen molar-refractivity contribution in [1.29, 1.82) is 0 Å². The maximum absolute atomic E-state index is 11.7. The Morgan fingerprint density at radius 2 is 1.88 bits per heavy atom. The summed E-state index contributed by atoms with van der Waals surface area (Å²) in [4.78, 5) is 20.2. The van der Waals surface area contributed by atoms with Crippen molar-refractivity contribution in [2.75, 3.05) is 0 Å². The minimum Gasteiger partial charge on any atom is -0.459 e. The van der Waals surface area contributed by atoms with Gasteiger partial charge < -0.3 is 15.2 Å². The molecule has 1 amide bonds. The predicted molar refractivity (Wildman–Crippen MR) is 98.3 cm³/mol. The highest BCUT2D eigenvalue weighted by Gasteiger charge is 2.25. The third-order valence-electron chi connectivity index (χ3n) is 3.94. The number of nitrogens with two attached hydrogens (primary N) is 1. The van der Waals surface area contributed by atoms with Crippen molar-refractivity contribution in [1.82, 2.24) is 9.97 Å². The number of halogens is 1. The first-order valence-electron chi connectivity index (χ1n) is 7.91. The molecule has 7 heteroatoms. The average Bonchev–Trinajstić information content (AvgIpc) is 2.67. The number of carbonyl (C=O) groups is 1. The first-order chi connectivity index (χ1) is 12.6. The van der Waals surface area contributed by atoms with Crippen LogP contribution in [0, 0.1) is 0 Å². The SMILES string of the molecule is NC(=O)c1nc(-c2ccc(Br)cc2)cc(C2OCc3ccccc3O2)n1. The number of aromatic nitrogens is 2. The predicted octanol–water partition coefficient (Wildman–Crippen LogP) is 3.61. The number of ether oxygens (including phenoxy) is 2. The van der Waals surface area contributed by atoms with Crippen molar-refractivity contribution in [3.8, 4) is 17.0 Å². The van der Waals surface area contributed by atoms with E-state index in [1.54, 1.807) is 6.07 Å². The van der Waals surface area contributed by atoms with Gasteiger partial charge in [0.15, 0.2) is 0 Å². The number of para-hydroxylation sites is 1. The fraction of sp³-hybridized carbons (Fsp3) is 0.105. The molecule has 0 saturated heterocycles. The molecule has 3 aromatic rings. The molecule has 2 aromatic carbocycles. The van der Waals surface area contributed by atoms with Gasteiger partial charge in [0.25, 0.3) is 5.91 Å². The molecule has 6 nitrogen and oxygen atoms in total. The highest BCUT2D eigenvalue weighted by atomic mass is 79.9. The first-order valence-corrected chi connectivity index (χ1v) is 8.70. The van der Waals surface area contributed by atoms with Crippen molar-refractivity contribution in [2.45, 2.75) is 12.9 Å².